The van der Waals surface area contributed by atoms with Crippen molar-refractivity contribution in [1.82, 2.24) is 10.6 Å². The Kier molecular flexibility index (Phi) is 7.50. The van der Waals surface area contributed by atoms with Crippen molar-refractivity contribution in [2.45, 2.75) is 24.9 Å². The molecule has 0 aliphatic heterocycles. The van der Waals surface area contributed by atoms with E-state index < -0.39 is 35.8 Å². The first kappa shape index (κ1) is 20.9. The topological polar surface area (TPSA) is 111 Å². The smallest absolute Gasteiger partial charge is 0.328 e. The van der Waals surface area contributed by atoms with Crippen molar-refractivity contribution in [3.05, 3.63) is 71.5 Å². The average Bonchev–Trinajstić information content (AvgIpc) is 2.67. The lowest BCUT2D eigenvalue weighted by Gasteiger charge is -2.21. The van der Waals surface area contributed by atoms with E-state index in [9.17, 15) is 18.8 Å². The maximum atomic E-state index is 14.1. The van der Waals surface area contributed by atoms with Crippen LogP contribution < -0.4 is 16.4 Å². The summed E-state index contributed by atoms with van der Waals surface area (Å²) < 4.78 is 18.8. The van der Waals surface area contributed by atoms with Gasteiger partial charge in [-0.2, -0.15) is 0 Å². The third-order valence-electron chi connectivity index (χ3n) is 4.09. The number of carbonyl (C=O) groups is 3. The maximum absolute atomic E-state index is 14.1. The Morgan fingerprint density at radius 3 is 2.29 bits per heavy atom. The molecule has 8 heteroatoms. The lowest BCUT2D eigenvalue weighted by molar-refractivity contribution is -0.145. The minimum absolute atomic E-state index is 0.120. The van der Waals surface area contributed by atoms with Gasteiger partial charge in [0.1, 0.15) is 11.9 Å². The molecule has 2 aromatic rings. The molecule has 4 N–H and O–H groups in total. The Morgan fingerprint density at radius 1 is 1.04 bits per heavy atom. The van der Waals surface area contributed by atoms with Crippen molar-refractivity contribution in [3.63, 3.8) is 0 Å². The third-order valence-corrected chi connectivity index (χ3v) is 4.09. The van der Waals surface area contributed by atoms with Gasteiger partial charge in [0.15, 0.2) is 0 Å². The van der Waals surface area contributed by atoms with Crippen molar-refractivity contribution in [2.24, 2.45) is 5.73 Å². The highest BCUT2D eigenvalue weighted by Crippen LogP contribution is 2.20. The second-order valence-corrected chi connectivity index (χ2v) is 6.12. The molecule has 3 amide bonds. The van der Waals surface area contributed by atoms with Crippen molar-refractivity contribution in [3.8, 4) is 0 Å². The van der Waals surface area contributed by atoms with E-state index in [0.717, 1.165) is 5.56 Å². The van der Waals surface area contributed by atoms with Crippen molar-refractivity contribution < 1.29 is 23.5 Å². The molecule has 0 heterocycles. The number of rotatable bonds is 8. The predicted octanol–water partition coefficient (Wildman–Crippen LogP) is 1.83. The minimum atomic E-state index is -0.978. The molecule has 0 aliphatic carbocycles. The van der Waals surface area contributed by atoms with Crippen molar-refractivity contribution in [1.29, 1.82) is 0 Å². The molecule has 0 spiro atoms. The number of hydrogen-bond acceptors (Lipinski definition) is 4. The van der Waals surface area contributed by atoms with E-state index in [2.05, 4.69) is 10.6 Å². The molecule has 0 bridgehead atoms. The largest absolute Gasteiger partial charge is 0.467 e. The zero-order valence-electron chi connectivity index (χ0n) is 15.4. The summed E-state index contributed by atoms with van der Waals surface area (Å²) in [5, 5.41) is 4.94. The molecule has 0 aliphatic rings. The lowest BCUT2D eigenvalue weighted by atomic mass is 10.0. The number of esters is 1. The third kappa shape index (κ3) is 6.08. The quantitative estimate of drug-likeness (QED) is 0.600. The lowest BCUT2D eigenvalue weighted by Crippen LogP contribution is -2.45. The van der Waals surface area contributed by atoms with E-state index >= 15 is 0 Å². The molecule has 0 radical (unpaired) electrons. The Bertz CT molecular complexity index is 829. The summed E-state index contributed by atoms with van der Waals surface area (Å²) in [5.41, 5.74) is 6.10. The highest BCUT2D eigenvalue weighted by Gasteiger charge is 2.25. The van der Waals surface area contributed by atoms with Crippen LogP contribution in [0, 0.1) is 5.82 Å². The number of halogens is 1. The van der Waals surface area contributed by atoms with Gasteiger partial charge in [-0.3, -0.25) is 4.79 Å². The molecule has 0 saturated carbocycles. The number of nitrogens with one attached hydrogen (secondary N) is 2. The number of carbonyl (C=O) groups excluding carboxylic acids is 3. The van der Waals surface area contributed by atoms with Gasteiger partial charge in [0.25, 0.3) is 0 Å². The molecule has 7 nitrogen and oxygen atoms in total. The average molecular weight is 387 g/mol. The zero-order valence-corrected chi connectivity index (χ0v) is 15.4. The standard InChI is InChI=1S/C20H22FN3O4/c1-28-19(26)17(11-13-7-3-2-4-8-13)23-18(25)12-16(24-20(22)27)14-9-5-6-10-15(14)21/h2-10,16-17H,11-12H2,1H3,(H,23,25)(H3,22,24,27)/t16-,17-/m0/s1. The Labute approximate surface area is 162 Å². The number of nitrogens with two attached hydrogens (primary N) is 1. The van der Waals surface area contributed by atoms with E-state index in [1.807, 2.05) is 30.3 Å². The molecule has 0 fully saturated rings. The number of methoxy groups -OCH3 is 1. The maximum Gasteiger partial charge on any atom is 0.328 e. The van der Waals surface area contributed by atoms with Crippen LogP contribution in [0.25, 0.3) is 0 Å². The predicted molar refractivity (Wildman–Crippen MR) is 101 cm³/mol. The van der Waals surface area contributed by atoms with Crippen molar-refractivity contribution >= 4 is 17.9 Å². The highest BCUT2D eigenvalue weighted by atomic mass is 19.1. The molecular weight excluding hydrogens is 365 g/mol. The summed E-state index contributed by atoms with van der Waals surface area (Å²) in [5.74, 6) is -1.75. The summed E-state index contributed by atoms with van der Waals surface area (Å²) >= 11 is 0. The van der Waals surface area contributed by atoms with E-state index in [1.165, 1.54) is 25.3 Å². The number of ether oxygens (including phenoxy) is 1. The minimum Gasteiger partial charge on any atom is -0.467 e. The van der Waals surface area contributed by atoms with Gasteiger partial charge in [-0.1, -0.05) is 48.5 Å². The molecule has 148 valence electrons. The summed E-state index contributed by atoms with van der Waals surface area (Å²) in [4.78, 5) is 35.8. The Balaban J connectivity index is 2.13. The van der Waals surface area contributed by atoms with Gasteiger partial charge in [-0.25, -0.2) is 14.0 Å². The first-order valence-corrected chi connectivity index (χ1v) is 8.62. The molecular formula is C20H22FN3O4. The molecule has 2 atom stereocenters. The van der Waals surface area contributed by atoms with Crippen molar-refractivity contribution in [2.75, 3.05) is 7.11 Å². The van der Waals surface area contributed by atoms with Crippen LogP contribution >= 0.6 is 0 Å². The van der Waals surface area contributed by atoms with Crippen LogP contribution in [0.3, 0.4) is 0 Å². The van der Waals surface area contributed by atoms with E-state index in [-0.39, 0.29) is 18.4 Å². The Hall–Kier alpha value is -3.42. The highest BCUT2D eigenvalue weighted by molar-refractivity contribution is 5.85. The summed E-state index contributed by atoms with van der Waals surface area (Å²) in [7, 11) is 1.23. The first-order valence-electron chi connectivity index (χ1n) is 8.62. The number of primary amides is 1. The monoisotopic (exact) mass is 387 g/mol. The molecule has 0 aromatic heterocycles. The van der Waals surface area contributed by atoms with E-state index in [4.69, 9.17) is 10.5 Å². The summed E-state index contributed by atoms with van der Waals surface area (Å²) in [6, 6.07) is 12.1. The first-order chi connectivity index (χ1) is 13.4. The van der Waals surface area contributed by atoms with Crippen LogP contribution in [0.15, 0.2) is 54.6 Å². The van der Waals surface area contributed by atoms with Crippen LogP contribution in [-0.2, 0) is 20.7 Å². The molecule has 0 saturated heterocycles. The van der Waals surface area contributed by atoms with Gasteiger partial charge in [0.05, 0.1) is 19.6 Å². The second-order valence-electron chi connectivity index (χ2n) is 6.12. The normalized spacial score (nSPS) is 12.5. The molecule has 28 heavy (non-hydrogen) atoms. The second kappa shape index (κ2) is 10.1. The van der Waals surface area contributed by atoms with Crippen LogP contribution in [0.1, 0.15) is 23.6 Å². The summed E-state index contributed by atoms with van der Waals surface area (Å²) in [6.45, 7) is 0. The van der Waals surface area contributed by atoms with E-state index in [0.29, 0.717) is 0 Å². The number of benzene rings is 2. The van der Waals surface area contributed by atoms with Gasteiger partial charge in [-0.15, -0.1) is 0 Å². The fraction of sp³-hybridized carbons (Fsp3) is 0.250. The van der Waals surface area contributed by atoms with E-state index in [1.54, 1.807) is 6.07 Å². The van der Waals surface area contributed by atoms with Crippen LogP contribution in [0.4, 0.5) is 9.18 Å². The van der Waals surface area contributed by atoms with Gasteiger partial charge in [-0.05, 0) is 11.6 Å². The number of urea groups is 1. The molecule has 2 aromatic carbocycles. The summed E-state index contributed by atoms with van der Waals surface area (Å²) in [6.07, 6.45) is -0.0704. The zero-order chi connectivity index (χ0) is 20.5. The Morgan fingerprint density at radius 2 is 1.68 bits per heavy atom. The fourth-order valence-corrected chi connectivity index (χ4v) is 2.79. The molecule has 0 unspecified atom stereocenters. The van der Waals surface area contributed by atoms with Gasteiger partial charge in [0, 0.05) is 12.0 Å². The van der Waals surface area contributed by atoms with Gasteiger partial charge in [0.2, 0.25) is 5.91 Å². The van der Waals surface area contributed by atoms with Crippen LogP contribution in [-0.4, -0.2) is 31.1 Å². The number of amides is 3. The van der Waals surface area contributed by atoms with Crippen LogP contribution in [0.2, 0.25) is 0 Å². The molecule has 2 rings (SSSR count). The fourth-order valence-electron chi connectivity index (χ4n) is 2.79. The number of hydrogen-bond donors (Lipinski definition) is 3. The SMILES string of the molecule is COC(=O)[C@H](Cc1ccccc1)NC(=O)C[C@H](NC(N)=O)c1ccccc1F. The van der Waals surface area contributed by atoms with Gasteiger partial charge >= 0.3 is 12.0 Å². The van der Waals surface area contributed by atoms with Gasteiger partial charge < -0.3 is 21.1 Å². The van der Waals surface area contributed by atoms with Crippen LogP contribution in [0.5, 0.6) is 0 Å².